The van der Waals surface area contributed by atoms with Crippen molar-refractivity contribution in [2.75, 3.05) is 13.2 Å². The van der Waals surface area contributed by atoms with Gasteiger partial charge in [-0.1, -0.05) is 42.0 Å². The van der Waals surface area contributed by atoms with E-state index in [9.17, 15) is 15.0 Å². The quantitative estimate of drug-likeness (QED) is 0.369. The second-order valence-corrected chi connectivity index (χ2v) is 8.29. The molecule has 152 valence electrons. The highest BCUT2D eigenvalue weighted by Crippen LogP contribution is 2.21. The first-order chi connectivity index (χ1) is 12.5. The lowest BCUT2D eigenvalue weighted by atomic mass is 9.94. The van der Waals surface area contributed by atoms with E-state index in [4.69, 9.17) is 9.47 Å². The number of allylic oxidation sites excluding steroid dienone is 1. The van der Waals surface area contributed by atoms with Crippen molar-refractivity contribution in [3.05, 3.63) is 47.5 Å². The number of carbonyl (C=O) groups is 1. The predicted octanol–water partition coefficient (Wildman–Crippen LogP) is 3.63. The van der Waals surface area contributed by atoms with Crippen molar-refractivity contribution >= 4 is 5.97 Å². The molecule has 2 atom stereocenters. The zero-order valence-corrected chi connectivity index (χ0v) is 17.2. The van der Waals surface area contributed by atoms with Gasteiger partial charge in [0.2, 0.25) is 0 Å². The summed E-state index contributed by atoms with van der Waals surface area (Å²) in [6.45, 7) is 9.50. The molecule has 0 aliphatic carbocycles. The van der Waals surface area contributed by atoms with Gasteiger partial charge in [0.05, 0.1) is 24.7 Å². The normalized spacial score (nSPS) is 15.9. The Balaban J connectivity index is 2.33. The van der Waals surface area contributed by atoms with Crippen LogP contribution in [0.25, 0.3) is 0 Å². The number of aliphatic hydroxyl groups is 2. The molecule has 0 aliphatic heterocycles. The Hall–Kier alpha value is -1.69. The van der Waals surface area contributed by atoms with Crippen molar-refractivity contribution in [3.63, 3.8) is 0 Å². The summed E-state index contributed by atoms with van der Waals surface area (Å²) in [5.41, 5.74) is 0.0786. The summed E-state index contributed by atoms with van der Waals surface area (Å²) >= 11 is 0. The largest absolute Gasteiger partial charge is 0.462 e. The molecule has 0 aromatic heterocycles. The van der Waals surface area contributed by atoms with Crippen molar-refractivity contribution in [3.8, 4) is 0 Å². The molecule has 27 heavy (non-hydrogen) atoms. The average molecular weight is 379 g/mol. The second-order valence-electron chi connectivity index (χ2n) is 8.29. The van der Waals surface area contributed by atoms with Gasteiger partial charge in [0.25, 0.3) is 0 Å². The van der Waals surface area contributed by atoms with Gasteiger partial charge in [-0.25, -0.2) is 0 Å². The maximum atomic E-state index is 11.8. The van der Waals surface area contributed by atoms with Gasteiger partial charge in [-0.3, -0.25) is 4.79 Å². The van der Waals surface area contributed by atoms with Crippen LogP contribution in [-0.4, -0.2) is 41.1 Å². The molecule has 0 aliphatic rings. The molecule has 1 rings (SSSR count). The molecule has 0 spiro atoms. The van der Waals surface area contributed by atoms with Crippen molar-refractivity contribution in [2.45, 2.75) is 65.8 Å². The number of carbonyl (C=O) groups excluding carboxylic acids is 1. The van der Waals surface area contributed by atoms with Gasteiger partial charge in [-0.15, -0.1) is 0 Å². The molecular weight excluding hydrogens is 344 g/mol. The van der Waals surface area contributed by atoms with Crippen LogP contribution in [-0.2, 0) is 20.9 Å². The summed E-state index contributed by atoms with van der Waals surface area (Å²) in [6, 6.07) is 9.96. The van der Waals surface area contributed by atoms with Gasteiger partial charge in [0.1, 0.15) is 12.2 Å². The number of esters is 1. The molecule has 0 radical (unpaired) electrons. The first kappa shape index (κ1) is 23.3. The van der Waals surface area contributed by atoms with E-state index in [-0.39, 0.29) is 6.61 Å². The predicted molar refractivity (Wildman–Crippen MR) is 106 cm³/mol. The Morgan fingerprint density at radius 2 is 1.81 bits per heavy atom. The van der Waals surface area contributed by atoms with E-state index in [1.54, 1.807) is 20.8 Å². The van der Waals surface area contributed by atoms with Crippen molar-refractivity contribution in [1.29, 1.82) is 0 Å². The highest BCUT2D eigenvalue weighted by atomic mass is 16.5. The number of benzene rings is 1. The van der Waals surface area contributed by atoms with Crippen LogP contribution in [0.2, 0.25) is 0 Å². The fourth-order valence-electron chi connectivity index (χ4n) is 2.25. The van der Waals surface area contributed by atoms with Crippen LogP contribution in [0.15, 0.2) is 42.0 Å². The van der Waals surface area contributed by atoms with E-state index >= 15 is 0 Å². The van der Waals surface area contributed by atoms with Crippen LogP contribution >= 0.6 is 0 Å². The molecule has 0 bridgehead atoms. The number of hydrogen-bond donors (Lipinski definition) is 2. The standard InChI is InChI=1S/C22H34O5/c1-17(13-14-26-15-18-9-7-6-8-10-18)11-12-19(23)22(5,25)16-27-20(24)21(2,3)4/h6-10,13,19,23,25H,11-12,14-16H2,1-5H3/b17-13+/t19-,22+/m1/s1. The van der Waals surface area contributed by atoms with Crippen LogP contribution in [0.4, 0.5) is 0 Å². The van der Waals surface area contributed by atoms with Crippen LogP contribution in [0.5, 0.6) is 0 Å². The van der Waals surface area contributed by atoms with Crippen LogP contribution < -0.4 is 0 Å². The minimum atomic E-state index is -1.48. The fraction of sp³-hybridized carbons (Fsp3) is 0.591. The molecule has 1 aromatic rings. The van der Waals surface area contributed by atoms with E-state index in [2.05, 4.69) is 0 Å². The summed E-state index contributed by atoms with van der Waals surface area (Å²) in [6.07, 6.45) is 1.99. The molecule has 0 saturated heterocycles. The lowest BCUT2D eigenvalue weighted by Crippen LogP contribution is -2.45. The van der Waals surface area contributed by atoms with E-state index in [1.807, 2.05) is 43.3 Å². The lowest BCUT2D eigenvalue weighted by Gasteiger charge is -2.30. The van der Waals surface area contributed by atoms with Crippen LogP contribution in [0, 0.1) is 5.41 Å². The van der Waals surface area contributed by atoms with Gasteiger partial charge in [-0.05, 0) is 53.0 Å². The highest BCUT2D eigenvalue weighted by Gasteiger charge is 2.33. The number of rotatable bonds is 10. The number of hydrogen-bond acceptors (Lipinski definition) is 5. The third-order valence-corrected chi connectivity index (χ3v) is 4.30. The first-order valence-electron chi connectivity index (χ1n) is 9.37. The number of aliphatic hydroxyl groups excluding tert-OH is 1. The van der Waals surface area contributed by atoms with E-state index in [1.165, 1.54) is 6.92 Å². The summed E-state index contributed by atoms with van der Waals surface area (Å²) in [4.78, 5) is 11.8. The minimum absolute atomic E-state index is 0.229. The minimum Gasteiger partial charge on any atom is -0.462 e. The lowest BCUT2D eigenvalue weighted by molar-refractivity contribution is -0.167. The third kappa shape index (κ3) is 9.18. The highest BCUT2D eigenvalue weighted by molar-refractivity contribution is 5.75. The van der Waals surface area contributed by atoms with Crippen LogP contribution in [0.3, 0.4) is 0 Å². The zero-order chi connectivity index (χ0) is 20.5. The van der Waals surface area contributed by atoms with Gasteiger partial charge >= 0.3 is 5.97 Å². The number of ether oxygens (including phenoxy) is 2. The van der Waals surface area contributed by atoms with Crippen molar-refractivity contribution in [1.82, 2.24) is 0 Å². The molecule has 0 fully saturated rings. The summed E-state index contributed by atoms with van der Waals surface area (Å²) in [7, 11) is 0. The molecule has 0 heterocycles. The van der Waals surface area contributed by atoms with E-state index in [0.717, 1.165) is 11.1 Å². The summed E-state index contributed by atoms with van der Waals surface area (Å²) in [5.74, 6) is -0.401. The Bertz CT molecular complexity index is 599. The topological polar surface area (TPSA) is 76.0 Å². The van der Waals surface area contributed by atoms with Crippen LogP contribution in [0.1, 0.15) is 53.0 Å². The van der Waals surface area contributed by atoms with Gasteiger partial charge < -0.3 is 19.7 Å². The van der Waals surface area contributed by atoms with Crippen molar-refractivity contribution < 1.29 is 24.5 Å². The molecule has 0 saturated carbocycles. The smallest absolute Gasteiger partial charge is 0.311 e. The second kappa shape index (κ2) is 10.6. The molecule has 0 unspecified atom stereocenters. The third-order valence-electron chi connectivity index (χ3n) is 4.30. The Labute approximate surface area is 163 Å². The maximum Gasteiger partial charge on any atom is 0.311 e. The SMILES string of the molecule is C/C(=C\COCc1ccccc1)CC[C@@H](O)[C@@](C)(O)COC(=O)C(C)(C)C. The van der Waals surface area contributed by atoms with E-state index < -0.39 is 23.1 Å². The van der Waals surface area contributed by atoms with Gasteiger partial charge in [0.15, 0.2) is 0 Å². The Morgan fingerprint density at radius 3 is 2.41 bits per heavy atom. The Kier molecular flexibility index (Phi) is 9.16. The first-order valence-corrected chi connectivity index (χ1v) is 9.37. The molecule has 5 nitrogen and oxygen atoms in total. The van der Waals surface area contributed by atoms with E-state index in [0.29, 0.717) is 26.1 Å². The molecule has 0 amide bonds. The summed E-state index contributed by atoms with van der Waals surface area (Å²) < 4.78 is 10.8. The Morgan fingerprint density at radius 1 is 1.19 bits per heavy atom. The summed E-state index contributed by atoms with van der Waals surface area (Å²) in [5, 5.41) is 20.6. The van der Waals surface area contributed by atoms with Gasteiger partial charge in [0, 0.05) is 0 Å². The fourth-order valence-corrected chi connectivity index (χ4v) is 2.25. The maximum absolute atomic E-state index is 11.8. The molecule has 5 heteroatoms. The van der Waals surface area contributed by atoms with Gasteiger partial charge in [-0.2, -0.15) is 0 Å². The molecular formula is C22H34O5. The molecule has 2 N–H and O–H groups in total. The average Bonchev–Trinajstić information content (AvgIpc) is 2.61. The van der Waals surface area contributed by atoms with Crippen molar-refractivity contribution in [2.24, 2.45) is 5.41 Å². The molecule has 1 aromatic carbocycles. The monoisotopic (exact) mass is 378 g/mol. The zero-order valence-electron chi connectivity index (χ0n) is 17.2.